The summed E-state index contributed by atoms with van der Waals surface area (Å²) in [6.45, 7) is 10.7. The maximum absolute atomic E-state index is 12.1. The summed E-state index contributed by atoms with van der Waals surface area (Å²) in [5.41, 5.74) is 2.94. The predicted octanol–water partition coefficient (Wildman–Crippen LogP) is 2.78. The number of likely N-dealkylation sites (tertiary alicyclic amines) is 1. The molecular weight excluding hydrogens is 374 g/mol. The van der Waals surface area contributed by atoms with Gasteiger partial charge in [-0.15, -0.1) is 0 Å². The molecule has 1 amide bonds. The summed E-state index contributed by atoms with van der Waals surface area (Å²) in [5.74, 6) is 1.20. The van der Waals surface area contributed by atoms with Crippen molar-refractivity contribution in [2.75, 3.05) is 39.3 Å². The second-order valence-electron chi connectivity index (χ2n) is 8.53. The molecule has 30 heavy (non-hydrogen) atoms. The molecule has 1 aromatic rings. The number of hydrogen-bond donors (Lipinski definition) is 2. The van der Waals surface area contributed by atoms with Gasteiger partial charge in [-0.25, -0.2) is 0 Å². The molecule has 166 valence electrons. The maximum Gasteiger partial charge on any atom is 0.222 e. The van der Waals surface area contributed by atoms with Crippen molar-refractivity contribution in [3.63, 3.8) is 0 Å². The average molecular weight is 414 g/mol. The van der Waals surface area contributed by atoms with Crippen LogP contribution in [0, 0.1) is 0 Å². The standard InChI is InChI=1S/C24H39N5O/c1-3-25-24(26-14-9-16-28-15-8-4-5-12-23(28)30)27-18-20(2)29-17-13-21-10-6-7-11-22(21)19-29/h6-7,10-11,20H,3-5,8-9,12-19H2,1-2H3,(H2,25,26,27). The van der Waals surface area contributed by atoms with Crippen LogP contribution in [-0.2, 0) is 17.8 Å². The highest BCUT2D eigenvalue weighted by atomic mass is 16.2. The molecule has 2 heterocycles. The Balaban J connectivity index is 1.43. The number of carbonyl (C=O) groups excluding carboxylic acids is 1. The van der Waals surface area contributed by atoms with Gasteiger partial charge < -0.3 is 15.5 Å². The first-order valence-corrected chi connectivity index (χ1v) is 11.8. The minimum absolute atomic E-state index is 0.324. The van der Waals surface area contributed by atoms with E-state index in [2.05, 4.69) is 53.6 Å². The smallest absolute Gasteiger partial charge is 0.222 e. The van der Waals surface area contributed by atoms with Crippen LogP contribution >= 0.6 is 0 Å². The number of carbonyl (C=O) groups is 1. The van der Waals surface area contributed by atoms with Crippen molar-refractivity contribution in [3.05, 3.63) is 35.4 Å². The number of aliphatic imine (C=N–C) groups is 1. The van der Waals surface area contributed by atoms with E-state index in [1.54, 1.807) is 0 Å². The van der Waals surface area contributed by atoms with Gasteiger partial charge in [0.05, 0.1) is 6.54 Å². The molecule has 2 N–H and O–H groups in total. The summed E-state index contributed by atoms with van der Waals surface area (Å²) in [7, 11) is 0. The van der Waals surface area contributed by atoms with Gasteiger partial charge in [0.25, 0.3) is 0 Å². The Bertz CT molecular complexity index is 705. The van der Waals surface area contributed by atoms with Crippen LogP contribution in [0.15, 0.2) is 29.3 Å². The Labute approximate surface area is 182 Å². The SMILES string of the molecule is CCNC(=NCC(C)N1CCc2ccccc2C1)NCCCN1CCCCCC1=O. The van der Waals surface area contributed by atoms with Gasteiger partial charge >= 0.3 is 0 Å². The van der Waals surface area contributed by atoms with Crippen LogP contribution in [0.25, 0.3) is 0 Å². The monoisotopic (exact) mass is 413 g/mol. The Morgan fingerprint density at radius 2 is 1.93 bits per heavy atom. The zero-order chi connectivity index (χ0) is 21.2. The highest BCUT2D eigenvalue weighted by Gasteiger charge is 2.20. The molecule has 0 aromatic heterocycles. The number of benzene rings is 1. The number of guanidine groups is 1. The number of nitrogens with zero attached hydrogens (tertiary/aromatic N) is 3. The third-order valence-electron chi connectivity index (χ3n) is 6.21. The van der Waals surface area contributed by atoms with Crippen molar-refractivity contribution in [2.45, 2.75) is 65.0 Å². The molecule has 2 aliphatic heterocycles. The van der Waals surface area contributed by atoms with Crippen molar-refractivity contribution in [2.24, 2.45) is 4.99 Å². The average Bonchev–Trinajstić information content (AvgIpc) is 2.98. The van der Waals surface area contributed by atoms with Crippen LogP contribution < -0.4 is 10.6 Å². The molecule has 0 saturated carbocycles. The molecule has 0 bridgehead atoms. The van der Waals surface area contributed by atoms with E-state index in [9.17, 15) is 4.79 Å². The highest BCUT2D eigenvalue weighted by molar-refractivity contribution is 5.79. The van der Waals surface area contributed by atoms with Crippen LogP contribution in [0.5, 0.6) is 0 Å². The van der Waals surface area contributed by atoms with E-state index in [1.807, 2.05) is 4.90 Å². The second-order valence-corrected chi connectivity index (χ2v) is 8.53. The molecule has 1 atom stereocenters. The minimum atomic E-state index is 0.324. The molecule has 0 radical (unpaired) electrons. The highest BCUT2D eigenvalue weighted by Crippen LogP contribution is 2.20. The fourth-order valence-electron chi connectivity index (χ4n) is 4.33. The van der Waals surface area contributed by atoms with E-state index in [0.717, 1.165) is 83.9 Å². The van der Waals surface area contributed by atoms with Gasteiger partial charge in [0.2, 0.25) is 5.91 Å². The number of amides is 1. The van der Waals surface area contributed by atoms with Gasteiger partial charge in [-0.2, -0.15) is 0 Å². The third kappa shape index (κ3) is 6.73. The molecule has 0 aliphatic carbocycles. The first kappa shape index (κ1) is 22.6. The van der Waals surface area contributed by atoms with Crippen molar-refractivity contribution in [1.82, 2.24) is 20.4 Å². The summed E-state index contributed by atoms with van der Waals surface area (Å²) in [6, 6.07) is 9.18. The zero-order valence-electron chi connectivity index (χ0n) is 18.8. The van der Waals surface area contributed by atoms with Crippen molar-refractivity contribution >= 4 is 11.9 Å². The van der Waals surface area contributed by atoms with E-state index in [0.29, 0.717) is 11.9 Å². The second kappa shape index (κ2) is 11.9. The lowest BCUT2D eigenvalue weighted by atomic mass is 9.99. The van der Waals surface area contributed by atoms with Gasteiger partial charge in [0.15, 0.2) is 5.96 Å². The van der Waals surface area contributed by atoms with Crippen molar-refractivity contribution in [1.29, 1.82) is 0 Å². The molecule has 6 heteroatoms. The molecule has 0 spiro atoms. The summed E-state index contributed by atoms with van der Waals surface area (Å²) in [6.07, 6.45) is 6.16. The molecule has 6 nitrogen and oxygen atoms in total. The topological polar surface area (TPSA) is 60.0 Å². The largest absolute Gasteiger partial charge is 0.357 e. The molecule has 3 rings (SSSR count). The first-order valence-electron chi connectivity index (χ1n) is 11.8. The minimum Gasteiger partial charge on any atom is -0.357 e. The summed E-state index contributed by atoms with van der Waals surface area (Å²) in [4.78, 5) is 21.5. The number of nitrogens with one attached hydrogen (secondary N) is 2. The lowest BCUT2D eigenvalue weighted by Gasteiger charge is -2.33. The molecule has 2 aliphatic rings. The summed E-state index contributed by atoms with van der Waals surface area (Å²) < 4.78 is 0. The van der Waals surface area contributed by atoms with Crippen LogP contribution in [0.4, 0.5) is 0 Å². The van der Waals surface area contributed by atoms with Gasteiger partial charge in [-0.3, -0.25) is 14.7 Å². The van der Waals surface area contributed by atoms with Crippen molar-refractivity contribution < 1.29 is 4.79 Å². The number of fused-ring (bicyclic) bond motifs is 1. The first-order chi connectivity index (χ1) is 14.7. The quantitative estimate of drug-likeness (QED) is 0.391. The van der Waals surface area contributed by atoms with Gasteiger partial charge in [0.1, 0.15) is 0 Å². The van der Waals surface area contributed by atoms with E-state index >= 15 is 0 Å². The normalized spacial score (nSPS) is 19.2. The van der Waals surface area contributed by atoms with Crippen LogP contribution in [0.3, 0.4) is 0 Å². The Morgan fingerprint density at radius 1 is 1.10 bits per heavy atom. The van der Waals surface area contributed by atoms with Gasteiger partial charge in [0, 0.05) is 51.7 Å². The molecule has 1 fully saturated rings. The summed E-state index contributed by atoms with van der Waals surface area (Å²) in [5, 5.41) is 6.80. The predicted molar refractivity (Wildman–Crippen MR) is 124 cm³/mol. The summed E-state index contributed by atoms with van der Waals surface area (Å²) >= 11 is 0. The van der Waals surface area contributed by atoms with E-state index in [4.69, 9.17) is 4.99 Å². The maximum atomic E-state index is 12.1. The lowest BCUT2D eigenvalue weighted by molar-refractivity contribution is -0.130. The van der Waals surface area contributed by atoms with E-state index in [-0.39, 0.29) is 0 Å². The Morgan fingerprint density at radius 3 is 2.77 bits per heavy atom. The Kier molecular flexibility index (Phi) is 9.00. The Hall–Kier alpha value is -2.08. The molecule has 1 unspecified atom stereocenters. The van der Waals surface area contributed by atoms with E-state index in [1.165, 1.54) is 17.5 Å². The van der Waals surface area contributed by atoms with E-state index < -0.39 is 0 Å². The fourth-order valence-corrected chi connectivity index (χ4v) is 4.33. The zero-order valence-corrected chi connectivity index (χ0v) is 18.8. The van der Waals surface area contributed by atoms with Crippen molar-refractivity contribution in [3.8, 4) is 0 Å². The van der Waals surface area contributed by atoms with Crippen LogP contribution in [0.2, 0.25) is 0 Å². The lowest BCUT2D eigenvalue weighted by Crippen LogP contribution is -2.42. The fraction of sp³-hybridized carbons (Fsp3) is 0.667. The molecular formula is C24H39N5O. The van der Waals surface area contributed by atoms with Crippen LogP contribution in [0.1, 0.15) is 57.1 Å². The number of hydrogen-bond acceptors (Lipinski definition) is 3. The van der Waals surface area contributed by atoms with Gasteiger partial charge in [-0.05, 0) is 50.7 Å². The third-order valence-corrected chi connectivity index (χ3v) is 6.21. The van der Waals surface area contributed by atoms with Crippen LogP contribution in [-0.4, -0.2) is 67.0 Å². The van der Waals surface area contributed by atoms with Gasteiger partial charge in [-0.1, -0.05) is 30.7 Å². The molecule has 1 aromatic carbocycles. The number of rotatable bonds is 8. The molecule has 1 saturated heterocycles.